The second-order valence-corrected chi connectivity index (χ2v) is 9.44. The summed E-state index contributed by atoms with van der Waals surface area (Å²) < 4.78 is 81.2. The molecule has 0 radical (unpaired) electrons. The molecule has 1 amide bonds. The Bertz CT molecular complexity index is 1100. The molecule has 2 aromatic rings. The lowest BCUT2D eigenvalue weighted by atomic mass is 10.1. The van der Waals surface area contributed by atoms with Crippen molar-refractivity contribution in [2.45, 2.75) is 30.0 Å². The van der Waals surface area contributed by atoms with Crippen molar-refractivity contribution in [3.05, 3.63) is 41.2 Å². The lowest BCUT2D eigenvalue weighted by Gasteiger charge is -2.32. The van der Waals surface area contributed by atoms with Crippen LogP contribution in [-0.4, -0.2) is 60.6 Å². The summed E-state index contributed by atoms with van der Waals surface area (Å²) in [4.78, 5) is 16.7. The Balaban J connectivity index is 1.71. The highest BCUT2D eigenvalue weighted by atomic mass is 35.5. The molecule has 14 heteroatoms. The van der Waals surface area contributed by atoms with Crippen LogP contribution in [0, 0.1) is 5.82 Å². The number of sulfonamides is 1. The number of anilines is 1. The van der Waals surface area contributed by atoms with Gasteiger partial charge in [-0.3, -0.25) is 9.69 Å². The third kappa shape index (κ3) is 5.97. The van der Waals surface area contributed by atoms with E-state index in [1.54, 1.807) is 0 Å². The van der Waals surface area contributed by atoms with Crippen molar-refractivity contribution in [3.8, 4) is 0 Å². The molecule has 32 heavy (non-hydrogen) atoms. The molecule has 1 fully saturated rings. The molecular formula is C18H20ClF4N5O3S. The normalized spacial score (nSPS) is 16.3. The number of alkyl halides is 3. The first-order valence-electron chi connectivity index (χ1n) is 9.45. The van der Waals surface area contributed by atoms with Crippen LogP contribution in [0.25, 0.3) is 0 Å². The Morgan fingerprint density at radius 1 is 1.31 bits per heavy atom. The SMILES string of the molecule is Cn1cc(S(=O)(=O)NC2CCN(CC(F)(F)F)CC2)c(F)c1C(=O)Nc1ccnc(Cl)c1. The van der Waals surface area contributed by atoms with Gasteiger partial charge in [-0.05, 0) is 38.1 Å². The number of aromatic nitrogens is 2. The highest BCUT2D eigenvalue weighted by molar-refractivity contribution is 7.89. The van der Waals surface area contributed by atoms with Crippen LogP contribution in [-0.2, 0) is 17.1 Å². The van der Waals surface area contributed by atoms with Crippen LogP contribution < -0.4 is 10.0 Å². The summed E-state index contributed by atoms with van der Waals surface area (Å²) in [5, 5.41) is 2.51. The van der Waals surface area contributed by atoms with Crippen LogP contribution in [0.5, 0.6) is 0 Å². The molecule has 0 atom stereocenters. The van der Waals surface area contributed by atoms with Crippen molar-refractivity contribution in [3.63, 3.8) is 0 Å². The van der Waals surface area contributed by atoms with E-state index in [-0.39, 0.29) is 36.8 Å². The fourth-order valence-corrected chi connectivity index (χ4v) is 5.04. The summed E-state index contributed by atoms with van der Waals surface area (Å²) in [5.74, 6) is -2.14. The van der Waals surface area contributed by atoms with Crippen molar-refractivity contribution in [1.29, 1.82) is 0 Å². The highest BCUT2D eigenvalue weighted by Crippen LogP contribution is 2.24. The number of hydrogen-bond donors (Lipinski definition) is 2. The molecule has 3 rings (SSSR count). The third-order valence-corrected chi connectivity index (χ3v) is 6.60. The van der Waals surface area contributed by atoms with Gasteiger partial charge in [0.15, 0.2) is 5.82 Å². The molecule has 0 bridgehead atoms. The van der Waals surface area contributed by atoms with E-state index in [2.05, 4.69) is 15.0 Å². The standard InChI is InChI=1S/C18H20ClF4N5O3S/c1-27-9-13(15(20)16(27)17(29)25-12-2-5-24-14(19)8-12)32(30,31)26-11-3-6-28(7-4-11)10-18(21,22)23/h2,5,8-9,11,26H,3-4,6-7,10H2,1H3,(H,24,25,29). The van der Waals surface area contributed by atoms with Gasteiger partial charge in [-0.25, -0.2) is 22.5 Å². The average Bonchev–Trinajstić information content (AvgIpc) is 2.97. The van der Waals surface area contributed by atoms with Gasteiger partial charge in [-0.15, -0.1) is 0 Å². The van der Waals surface area contributed by atoms with E-state index in [4.69, 9.17) is 11.6 Å². The minimum Gasteiger partial charge on any atom is -0.343 e. The van der Waals surface area contributed by atoms with Crippen molar-refractivity contribution >= 4 is 33.2 Å². The Labute approximate surface area is 186 Å². The van der Waals surface area contributed by atoms with E-state index in [0.29, 0.717) is 0 Å². The number of hydrogen-bond acceptors (Lipinski definition) is 5. The molecule has 1 aliphatic heterocycles. The molecule has 8 nitrogen and oxygen atoms in total. The van der Waals surface area contributed by atoms with Crippen LogP contribution in [0.2, 0.25) is 5.15 Å². The molecule has 1 saturated heterocycles. The Morgan fingerprint density at radius 2 is 1.97 bits per heavy atom. The van der Waals surface area contributed by atoms with E-state index in [9.17, 15) is 30.8 Å². The zero-order chi connectivity index (χ0) is 23.7. The van der Waals surface area contributed by atoms with Gasteiger partial charge in [0.1, 0.15) is 15.7 Å². The van der Waals surface area contributed by atoms with Crippen molar-refractivity contribution in [1.82, 2.24) is 19.2 Å². The first-order valence-corrected chi connectivity index (χ1v) is 11.3. The van der Waals surface area contributed by atoms with Crippen molar-refractivity contribution in [2.24, 2.45) is 7.05 Å². The number of halogens is 5. The van der Waals surface area contributed by atoms with Crippen LogP contribution in [0.15, 0.2) is 29.4 Å². The largest absolute Gasteiger partial charge is 0.401 e. The first kappa shape index (κ1) is 24.4. The zero-order valence-electron chi connectivity index (χ0n) is 16.8. The maximum Gasteiger partial charge on any atom is 0.401 e. The highest BCUT2D eigenvalue weighted by Gasteiger charge is 2.35. The van der Waals surface area contributed by atoms with E-state index in [0.717, 1.165) is 10.8 Å². The quantitative estimate of drug-likeness (QED) is 0.472. The van der Waals surface area contributed by atoms with Crippen molar-refractivity contribution in [2.75, 3.05) is 25.0 Å². The Hall–Kier alpha value is -2.22. The molecule has 1 aliphatic rings. The number of piperidine rings is 1. The smallest absolute Gasteiger partial charge is 0.343 e. The summed E-state index contributed by atoms with van der Waals surface area (Å²) >= 11 is 5.75. The summed E-state index contributed by atoms with van der Waals surface area (Å²) in [6.45, 7) is -0.973. The summed E-state index contributed by atoms with van der Waals surface area (Å²) in [5.41, 5.74) is -0.276. The molecule has 0 unspecified atom stereocenters. The molecule has 0 aromatic carbocycles. The third-order valence-electron chi connectivity index (χ3n) is 4.89. The molecule has 0 aliphatic carbocycles. The van der Waals surface area contributed by atoms with Gasteiger partial charge in [0, 0.05) is 31.2 Å². The number of nitrogens with zero attached hydrogens (tertiary/aromatic N) is 3. The van der Waals surface area contributed by atoms with E-state index >= 15 is 0 Å². The van der Waals surface area contributed by atoms with Gasteiger partial charge in [-0.1, -0.05) is 11.6 Å². The predicted octanol–water partition coefficient (Wildman–Crippen LogP) is 2.77. The maximum absolute atomic E-state index is 15.0. The fourth-order valence-electron chi connectivity index (χ4n) is 3.43. The number of likely N-dealkylation sites (tertiary alicyclic amines) is 1. The minimum absolute atomic E-state index is 0.0477. The van der Waals surface area contributed by atoms with Crippen LogP contribution >= 0.6 is 11.6 Å². The van der Waals surface area contributed by atoms with Gasteiger partial charge >= 0.3 is 6.18 Å². The fraction of sp³-hybridized carbons (Fsp3) is 0.444. The van der Waals surface area contributed by atoms with Gasteiger partial charge in [-0.2, -0.15) is 13.2 Å². The Morgan fingerprint density at radius 3 is 2.56 bits per heavy atom. The topological polar surface area (TPSA) is 96.3 Å². The molecule has 2 N–H and O–H groups in total. The van der Waals surface area contributed by atoms with Gasteiger partial charge in [0.25, 0.3) is 5.91 Å². The first-order chi connectivity index (χ1) is 14.9. The average molecular weight is 498 g/mol. The number of carbonyl (C=O) groups is 1. The number of rotatable bonds is 6. The molecule has 2 aromatic heterocycles. The van der Waals surface area contributed by atoms with Gasteiger partial charge in [0.2, 0.25) is 10.0 Å². The van der Waals surface area contributed by atoms with Gasteiger partial charge < -0.3 is 9.88 Å². The number of carbonyl (C=O) groups excluding carboxylic acids is 1. The summed E-state index contributed by atoms with van der Waals surface area (Å²) in [6, 6.07) is 2.11. The number of aryl methyl sites for hydroxylation is 1. The monoisotopic (exact) mass is 497 g/mol. The van der Waals surface area contributed by atoms with Gasteiger partial charge in [0.05, 0.1) is 6.54 Å². The molecule has 3 heterocycles. The number of amides is 1. The second kappa shape index (κ2) is 9.33. The van der Waals surface area contributed by atoms with Crippen molar-refractivity contribution < 1.29 is 30.8 Å². The molecular weight excluding hydrogens is 478 g/mol. The summed E-state index contributed by atoms with van der Waals surface area (Å²) in [6.07, 6.45) is -1.76. The minimum atomic E-state index is -4.36. The molecule has 0 spiro atoms. The van der Waals surface area contributed by atoms with Crippen LogP contribution in [0.4, 0.5) is 23.2 Å². The maximum atomic E-state index is 15.0. The van der Waals surface area contributed by atoms with E-state index in [1.165, 1.54) is 30.3 Å². The zero-order valence-corrected chi connectivity index (χ0v) is 18.4. The lowest BCUT2D eigenvalue weighted by molar-refractivity contribution is -0.148. The number of pyridine rings is 1. The predicted molar refractivity (Wildman–Crippen MR) is 108 cm³/mol. The molecule has 0 saturated carbocycles. The van der Waals surface area contributed by atoms with E-state index in [1.807, 2.05) is 0 Å². The van der Waals surface area contributed by atoms with E-state index < -0.39 is 51.1 Å². The van der Waals surface area contributed by atoms with Crippen LogP contribution in [0.1, 0.15) is 23.3 Å². The Kier molecular flexibility index (Phi) is 7.12. The molecule has 176 valence electrons. The number of nitrogens with one attached hydrogen (secondary N) is 2. The second-order valence-electron chi connectivity index (χ2n) is 7.38. The lowest BCUT2D eigenvalue weighted by Crippen LogP contribution is -2.47. The summed E-state index contributed by atoms with van der Waals surface area (Å²) in [7, 11) is -3.04. The van der Waals surface area contributed by atoms with Crippen LogP contribution in [0.3, 0.4) is 0 Å².